The van der Waals surface area contributed by atoms with Crippen molar-refractivity contribution in [2.24, 2.45) is 0 Å². The van der Waals surface area contributed by atoms with Crippen LogP contribution in [0.4, 0.5) is 4.39 Å². The molecule has 1 aliphatic rings. The Bertz CT molecular complexity index is 391. The molecule has 1 atom stereocenters. The van der Waals surface area contributed by atoms with Crippen molar-refractivity contribution < 1.29 is 9.13 Å². The van der Waals surface area contributed by atoms with E-state index in [0.29, 0.717) is 0 Å². The van der Waals surface area contributed by atoms with Gasteiger partial charge >= 0.3 is 0 Å². The largest absolute Gasteiger partial charge is 0.496 e. The van der Waals surface area contributed by atoms with Crippen molar-refractivity contribution in [3.8, 4) is 5.75 Å². The molecule has 0 aliphatic carbocycles. The number of hydrogen-bond donors (Lipinski definition) is 1. The number of benzene rings is 1. The van der Waals surface area contributed by atoms with E-state index >= 15 is 0 Å². The Hall–Kier alpha value is -1.13. The fourth-order valence-electron chi connectivity index (χ4n) is 2.63. The van der Waals surface area contributed by atoms with E-state index in [0.717, 1.165) is 43.9 Å². The lowest BCUT2D eigenvalue weighted by molar-refractivity contribution is 0.166. The van der Waals surface area contributed by atoms with E-state index in [4.69, 9.17) is 4.74 Å². The molecule has 1 aromatic rings. The van der Waals surface area contributed by atoms with Crippen molar-refractivity contribution in [1.29, 1.82) is 0 Å². The topological polar surface area (TPSA) is 24.5 Å². The highest BCUT2D eigenvalue weighted by Crippen LogP contribution is 2.32. The van der Waals surface area contributed by atoms with Crippen LogP contribution in [0.25, 0.3) is 0 Å². The van der Waals surface area contributed by atoms with E-state index in [1.165, 1.54) is 6.07 Å². The van der Waals surface area contributed by atoms with E-state index in [2.05, 4.69) is 17.1 Å². The molecule has 0 aromatic heterocycles. The number of methoxy groups -OCH3 is 1. The first kappa shape index (κ1) is 13.3. The fraction of sp³-hybridized carbons (Fsp3) is 0.571. The summed E-state index contributed by atoms with van der Waals surface area (Å²) < 4.78 is 18.8. The summed E-state index contributed by atoms with van der Waals surface area (Å²) in [5, 5.41) is 3.34. The highest BCUT2D eigenvalue weighted by atomic mass is 19.1. The van der Waals surface area contributed by atoms with Gasteiger partial charge in [0.05, 0.1) is 7.11 Å². The van der Waals surface area contributed by atoms with E-state index in [1.54, 1.807) is 19.2 Å². The van der Waals surface area contributed by atoms with Crippen LogP contribution in [0.2, 0.25) is 0 Å². The highest BCUT2D eigenvalue weighted by Gasteiger charge is 2.23. The van der Waals surface area contributed by atoms with Crippen molar-refractivity contribution in [2.45, 2.75) is 19.4 Å². The maximum Gasteiger partial charge on any atom is 0.123 e. The molecule has 0 radical (unpaired) electrons. The minimum absolute atomic E-state index is 0.195. The van der Waals surface area contributed by atoms with Crippen molar-refractivity contribution in [1.82, 2.24) is 10.2 Å². The molecule has 0 saturated carbocycles. The number of ether oxygens (including phenoxy) is 1. The lowest BCUT2D eigenvalue weighted by atomic mass is 10.0. The Morgan fingerprint density at radius 2 is 2.11 bits per heavy atom. The van der Waals surface area contributed by atoms with Gasteiger partial charge in [0.15, 0.2) is 0 Å². The van der Waals surface area contributed by atoms with Crippen LogP contribution in [-0.2, 0) is 0 Å². The number of halogens is 1. The zero-order valence-electron chi connectivity index (χ0n) is 11.1. The van der Waals surface area contributed by atoms with Crippen molar-refractivity contribution in [2.75, 3.05) is 33.3 Å². The Labute approximate surface area is 108 Å². The molecule has 1 fully saturated rings. The summed E-state index contributed by atoms with van der Waals surface area (Å²) in [7, 11) is 1.64. The zero-order valence-corrected chi connectivity index (χ0v) is 11.1. The molecule has 0 amide bonds. The zero-order chi connectivity index (χ0) is 13.0. The molecule has 2 rings (SSSR count). The molecule has 1 saturated heterocycles. The molecule has 1 heterocycles. The van der Waals surface area contributed by atoms with E-state index in [1.807, 2.05) is 0 Å². The molecule has 18 heavy (non-hydrogen) atoms. The van der Waals surface area contributed by atoms with Crippen LogP contribution in [0.1, 0.15) is 24.9 Å². The number of hydrogen-bond acceptors (Lipinski definition) is 3. The van der Waals surface area contributed by atoms with Gasteiger partial charge in [0, 0.05) is 37.8 Å². The molecular weight excluding hydrogens is 231 g/mol. The van der Waals surface area contributed by atoms with Crippen LogP contribution in [-0.4, -0.2) is 38.2 Å². The number of piperazine rings is 1. The van der Waals surface area contributed by atoms with Crippen molar-refractivity contribution >= 4 is 0 Å². The summed E-state index contributed by atoms with van der Waals surface area (Å²) in [5.41, 5.74) is 0.960. The van der Waals surface area contributed by atoms with Crippen molar-refractivity contribution in [3.05, 3.63) is 29.6 Å². The van der Waals surface area contributed by atoms with Gasteiger partial charge in [-0.05, 0) is 24.6 Å². The van der Waals surface area contributed by atoms with Gasteiger partial charge in [-0.1, -0.05) is 6.92 Å². The van der Waals surface area contributed by atoms with Crippen LogP contribution in [0, 0.1) is 5.82 Å². The van der Waals surface area contributed by atoms with Gasteiger partial charge in [-0.25, -0.2) is 4.39 Å². The average Bonchev–Trinajstić information content (AvgIpc) is 2.41. The number of rotatable bonds is 4. The van der Waals surface area contributed by atoms with Crippen LogP contribution in [0.3, 0.4) is 0 Å². The van der Waals surface area contributed by atoms with E-state index in [-0.39, 0.29) is 11.9 Å². The average molecular weight is 252 g/mol. The van der Waals surface area contributed by atoms with E-state index in [9.17, 15) is 4.39 Å². The van der Waals surface area contributed by atoms with Gasteiger partial charge in [-0.3, -0.25) is 4.90 Å². The Morgan fingerprint density at radius 1 is 1.39 bits per heavy atom. The minimum Gasteiger partial charge on any atom is -0.496 e. The summed E-state index contributed by atoms with van der Waals surface area (Å²) in [4.78, 5) is 2.40. The summed E-state index contributed by atoms with van der Waals surface area (Å²) >= 11 is 0. The second-order valence-electron chi connectivity index (χ2n) is 4.60. The summed E-state index contributed by atoms with van der Waals surface area (Å²) in [6, 6.07) is 5.01. The summed E-state index contributed by atoms with van der Waals surface area (Å²) in [6.07, 6.45) is 0.958. The number of nitrogens with zero attached hydrogens (tertiary/aromatic N) is 1. The molecular formula is C14H21FN2O. The first-order valence-electron chi connectivity index (χ1n) is 6.54. The molecule has 1 N–H and O–H groups in total. The number of nitrogens with one attached hydrogen (secondary N) is 1. The van der Waals surface area contributed by atoms with Crippen LogP contribution >= 0.6 is 0 Å². The fourth-order valence-corrected chi connectivity index (χ4v) is 2.63. The molecule has 3 nitrogen and oxygen atoms in total. The Kier molecular flexibility index (Phi) is 4.55. The third kappa shape index (κ3) is 2.82. The van der Waals surface area contributed by atoms with E-state index < -0.39 is 0 Å². The Balaban J connectivity index is 2.27. The minimum atomic E-state index is -0.195. The lowest BCUT2D eigenvalue weighted by Gasteiger charge is -2.35. The summed E-state index contributed by atoms with van der Waals surface area (Å²) in [5.74, 6) is 0.584. The van der Waals surface area contributed by atoms with Gasteiger partial charge in [0.2, 0.25) is 0 Å². The lowest BCUT2D eigenvalue weighted by Crippen LogP contribution is -2.45. The third-order valence-corrected chi connectivity index (χ3v) is 3.53. The Morgan fingerprint density at radius 3 is 2.72 bits per heavy atom. The van der Waals surface area contributed by atoms with Crippen LogP contribution in [0.5, 0.6) is 5.75 Å². The molecule has 0 bridgehead atoms. The normalized spacial score (nSPS) is 18.6. The predicted octanol–water partition coefficient (Wildman–Crippen LogP) is 2.19. The maximum atomic E-state index is 13.5. The van der Waals surface area contributed by atoms with Crippen LogP contribution in [0.15, 0.2) is 18.2 Å². The highest BCUT2D eigenvalue weighted by molar-refractivity contribution is 5.36. The predicted molar refractivity (Wildman–Crippen MR) is 70.4 cm³/mol. The second-order valence-corrected chi connectivity index (χ2v) is 4.60. The maximum absolute atomic E-state index is 13.5. The molecule has 100 valence electrons. The molecule has 1 aromatic carbocycles. The van der Waals surface area contributed by atoms with Gasteiger partial charge < -0.3 is 10.1 Å². The third-order valence-electron chi connectivity index (χ3n) is 3.53. The van der Waals surface area contributed by atoms with Gasteiger partial charge in [-0.15, -0.1) is 0 Å². The van der Waals surface area contributed by atoms with Gasteiger partial charge in [-0.2, -0.15) is 0 Å². The quantitative estimate of drug-likeness (QED) is 0.889. The second kappa shape index (κ2) is 6.16. The van der Waals surface area contributed by atoms with Crippen molar-refractivity contribution in [3.63, 3.8) is 0 Å². The summed E-state index contributed by atoms with van der Waals surface area (Å²) in [6.45, 7) is 6.12. The molecule has 1 aliphatic heterocycles. The van der Waals surface area contributed by atoms with Gasteiger partial charge in [0.1, 0.15) is 11.6 Å². The van der Waals surface area contributed by atoms with Gasteiger partial charge in [0.25, 0.3) is 0 Å². The standard InChI is InChI=1S/C14H21FN2O/c1-3-13(17-8-6-16-7-9-17)12-10-11(15)4-5-14(12)18-2/h4-5,10,13,16H,3,6-9H2,1-2H3/t13-/m0/s1. The molecule has 0 spiro atoms. The first-order valence-corrected chi connectivity index (χ1v) is 6.54. The molecule has 0 unspecified atom stereocenters. The smallest absolute Gasteiger partial charge is 0.123 e. The molecule has 4 heteroatoms. The van der Waals surface area contributed by atoms with Crippen LogP contribution < -0.4 is 10.1 Å². The first-order chi connectivity index (χ1) is 8.76. The monoisotopic (exact) mass is 252 g/mol. The SMILES string of the molecule is CC[C@@H](c1cc(F)ccc1OC)N1CCNCC1.